The van der Waals surface area contributed by atoms with E-state index in [9.17, 15) is 15.0 Å². The lowest BCUT2D eigenvalue weighted by Gasteiger charge is -2.36. The Labute approximate surface area is 201 Å². The van der Waals surface area contributed by atoms with Crippen molar-refractivity contribution in [2.24, 2.45) is 12.8 Å². The van der Waals surface area contributed by atoms with Gasteiger partial charge in [0.1, 0.15) is 23.3 Å². The molecule has 4 heterocycles. The summed E-state index contributed by atoms with van der Waals surface area (Å²) >= 11 is 0. The van der Waals surface area contributed by atoms with E-state index in [2.05, 4.69) is 21.9 Å². The molecule has 182 valence electrons. The monoisotopic (exact) mass is 479 g/mol. The third kappa shape index (κ3) is 3.82. The van der Waals surface area contributed by atoms with Crippen molar-refractivity contribution in [2.75, 3.05) is 13.7 Å². The minimum Gasteiger partial charge on any atom is -0.381 e. The highest BCUT2D eigenvalue weighted by Gasteiger charge is 2.43. The topological polar surface area (TPSA) is 128 Å². The first kappa shape index (κ1) is 23.2. The smallest absolute Gasteiger partial charge is 0.269 e. The van der Waals surface area contributed by atoms with E-state index in [0.717, 1.165) is 5.56 Å². The highest BCUT2D eigenvalue weighted by atomic mass is 19.1. The molecule has 3 aliphatic rings. The van der Waals surface area contributed by atoms with E-state index in [1.54, 1.807) is 25.4 Å². The lowest BCUT2D eigenvalue weighted by Crippen LogP contribution is -2.27. The maximum Gasteiger partial charge on any atom is 0.269 e. The maximum atomic E-state index is 15.0. The molecule has 1 amide bonds. The van der Waals surface area contributed by atoms with Crippen molar-refractivity contribution in [2.45, 2.75) is 43.4 Å². The number of rotatable bonds is 5. The predicted molar refractivity (Wildman–Crippen MR) is 124 cm³/mol. The summed E-state index contributed by atoms with van der Waals surface area (Å²) in [7, 11) is 3.14. The first-order valence-corrected chi connectivity index (χ1v) is 11.3. The molecule has 0 unspecified atom stereocenters. The van der Waals surface area contributed by atoms with Crippen LogP contribution in [0.4, 0.5) is 4.39 Å². The molecule has 0 radical (unpaired) electrons. The van der Waals surface area contributed by atoms with E-state index in [1.165, 1.54) is 24.8 Å². The molecular weight excluding hydrogens is 453 g/mol. The molecule has 10 heteroatoms. The SMILES string of the molecule is COC[C@](C)(O)C#Cc1cc2c(cc1F)C1CC(C1)n1c-2nc(C(N)=O)c1[C@@H](O)c1ccnn1C. The molecule has 1 fully saturated rings. The molecular formula is C25H26FN5O4. The van der Waals surface area contributed by atoms with E-state index in [4.69, 9.17) is 10.5 Å². The largest absolute Gasteiger partial charge is 0.381 e. The molecule has 2 aromatic heterocycles. The Hall–Kier alpha value is -3.52. The Bertz CT molecular complexity index is 1390. The van der Waals surface area contributed by atoms with Crippen LogP contribution in [-0.4, -0.2) is 54.8 Å². The Morgan fingerprint density at radius 2 is 2.17 bits per heavy atom. The van der Waals surface area contributed by atoms with Gasteiger partial charge >= 0.3 is 0 Å². The number of aliphatic hydroxyl groups excluding tert-OH is 1. The Kier molecular flexibility index (Phi) is 5.51. The van der Waals surface area contributed by atoms with Crippen LogP contribution in [0.2, 0.25) is 0 Å². The second-order valence-corrected chi connectivity index (χ2v) is 9.38. The molecule has 2 aliphatic heterocycles. The van der Waals surface area contributed by atoms with Gasteiger partial charge in [0.2, 0.25) is 0 Å². The van der Waals surface area contributed by atoms with Gasteiger partial charge in [-0.1, -0.05) is 11.8 Å². The van der Waals surface area contributed by atoms with Crippen molar-refractivity contribution < 1.29 is 24.1 Å². The van der Waals surface area contributed by atoms with E-state index >= 15 is 4.39 Å². The van der Waals surface area contributed by atoms with Crippen molar-refractivity contribution in [1.82, 2.24) is 19.3 Å². The number of carbonyl (C=O) groups excluding carboxylic acids is 1. The Balaban J connectivity index is 1.70. The van der Waals surface area contributed by atoms with Crippen LogP contribution in [0.5, 0.6) is 0 Å². The normalized spacial score (nSPS) is 20.4. The van der Waals surface area contributed by atoms with Crippen molar-refractivity contribution >= 4 is 5.91 Å². The number of primary amides is 1. The van der Waals surface area contributed by atoms with E-state index in [0.29, 0.717) is 35.6 Å². The van der Waals surface area contributed by atoms with E-state index < -0.39 is 23.4 Å². The standard InChI is InChI=1S/C25H26FN5O4/c1-25(34,12-35-3)6-4-13-10-17-16(11-18(13)26)14-8-15(9-14)31-21(20(23(27)33)29-24(17)31)22(32)19-5-7-28-30(19)2/h5,7,10-11,14-15,22,32,34H,8-9,12H2,1-3H3,(H2,27,33)/t14?,15?,22-,25+/m0/s1. The summed E-state index contributed by atoms with van der Waals surface area (Å²) in [5, 5.41) is 25.7. The molecule has 1 saturated carbocycles. The van der Waals surface area contributed by atoms with Crippen LogP contribution >= 0.6 is 0 Å². The first-order valence-electron chi connectivity index (χ1n) is 11.3. The molecule has 35 heavy (non-hydrogen) atoms. The number of amides is 1. The predicted octanol–water partition coefficient (Wildman–Crippen LogP) is 1.78. The average Bonchev–Trinajstić information content (AvgIpc) is 3.30. The minimum atomic E-state index is -1.45. The zero-order valence-corrected chi connectivity index (χ0v) is 19.6. The Morgan fingerprint density at radius 3 is 2.80 bits per heavy atom. The number of ether oxygens (including phenoxy) is 1. The number of hydrogen-bond donors (Lipinski definition) is 3. The van der Waals surface area contributed by atoms with Gasteiger partial charge in [0.25, 0.3) is 5.91 Å². The zero-order chi connectivity index (χ0) is 25.1. The lowest BCUT2D eigenvalue weighted by molar-refractivity contribution is 0.0274. The first-order chi connectivity index (χ1) is 16.6. The Morgan fingerprint density at radius 1 is 1.43 bits per heavy atom. The molecule has 0 saturated heterocycles. The van der Waals surface area contributed by atoms with Gasteiger partial charge in [0, 0.05) is 32.0 Å². The van der Waals surface area contributed by atoms with Gasteiger partial charge in [0.05, 0.1) is 23.6 Å². The summed E-state index contributed by atoms with van der Waals surface area (Å²) in [6.45, 7) is 1.45. The summed E-state index contributed by atoms with van der Waals surface area (Å²) in [5.41, 5.74) is 6.46. The molecule has 1 aliphatic carbocycles. The molecule has 9 nitrogen and oxygen atoms in total. The number of hydrogen-bond acceptors (Lipinski definition) is 6. The summed E-state index contributed by atoms with van der Waals surface area (Å²) in [6, 6.07) is 4.68. The van der Waals surface area contributed by atoms with Crippen LogP contribution in [-0.2, 0) is 11.8 Å². The molecule has 0 spiro atoms. The van der Waals surface area contributed by atoms with Crippen molar-refractivity contribution in [1.29, 1.82) is 0 Å². The van der Waals surface area contributed by atoms with Gasteiger partial charge in [-0.3, -0.25) is 9.48 Å². The number of methoxy groups -OCH3 is 1. The van der Waals surface area contributed by atoms with Crippen LogP contribution < -0.4 is 5.73 Å². The quantitative estimate of drug-likeness (QED) is 0.479. The third-order valence-electron chi connectivity index (χ3n) is 6.77. The number of aromatic nitrogens is 4. The molecule has 1 aromatic carbocycles. The number of aliphatic hydroxyl groups is 2. The van der Waals surface area contributed by atoms with Crippen molar-refractivity contribution in [3.8, 4) is 23.2 Å². The van der Waals surface area contributed by atoms with Gasteiger partial charge < -0.3 is 25.3 Å². The van der Waals surface area contributed by atoms with Gasteiger partial charge in [-0.25, -0.2) is 9.37 Å². The molecule has 2 bridgehead atoms. The van der Waals surface area contributed by atoms with Crippen LogP contribution in [0.3, 0.4) is 0 Å². The molecule has 4 N–H and O–H groups in total. The summed E-state index contributed by atoms with van der Waals surface area (Å²) in [5.74, 6) is 4.65. The van der Waals surface area contributed by atoms with Crippen LogP contribution in [0, 0.1) is 17.7 Å². The number of nitrogens with two attached hydrogens (primary N) is 1. The van der Waals surface area contributed by atoms with Gasteiger partial charge in [-0.15, -0.1) is 0 Å². The van der Waals surface area contributed by atoms with Gasteiger partial charge in [-0.05, 0) is 49.4 Å². The molecule has 6 rings (SSSR count). The highest BCUT2D eigenvalue weighted by molar-refractivity contribution is 5.93. The lowest BCUT2D eigenvalue weighted by atomic mass is 9.75. The minimum absolute atomic E-state index is 0.0269. The summed E-state index contributed by atoms with van der Waals surface area (Å²) in [4.78, 5) is 17.0. The second kappa shape index (κ2) is 8.30. The third-order valence-corrected chi connectivity index (χ3v) is 6.77. The number of aryl methyl sites for hydroxylation is 1. The van der Waals surface area contributed by atoms with Crippen molar-refractivity contribution in [3.63, 3.8) is 0 Å². The number of nitrogens with zero attached hydrogens (tertiary/aromatic N) is 4. The van der Waals surface area contributed by atoms with Crippen LogP contribution in [0.1, 0.15) is 70.8 Å². The van der Waals surface area contributed by atoms with E-state index in [1.807, 2.05) is 4.57 Å². The number of imidazole rings is 1. The molecule has 3 aromatic rings. The van der Waals surface area contributed by atoms with Crippen LogP contribution in [0.15, 0.2) is 24.4 Å². The zero-order valence-electron chi connectivity index (χ0n) is 19.6. The molecule has 2 atom stereocenters. The number of benzene rings is 1. The van der Waals surface area contributed by atoms with Crippen molar-refractivity contribution in [3.05, 3.63) is 58.4 Å². The average molecular weight is 480 g/mol. The van der Waals surface area contributed by atoms with Crippen LogP contribution in [0.25, 0.3) is 11.4 Å². The highest BCUT2D eigenvalue weighted by Crippen LogP contribution is 2.54. The fraction of sp³-hybridized carbons (Fsp3) is 0.400. The fourth-order valence-corrected chi connectivity index (χ4v) is 5.03. The van der Waals surface area contributed by atoms with Gasteiger partial charge in [0.15, 0.2) is 5.69 Å². The van der Waals surface area contributed by atoms with Gasteiger partial charge in [-0.2, -0.15) is 5.10 Å². The number of halogens is 1. The summed E-state index contributed by atoms with van der Waals surface area (Å²) in [6.07, 6.45) is 1.80. The second-order valence-electron chi connectivity index (χ2n) is 9.38. The van der Waals surface area contributed by atoms with E-state index in [-0.39, 0.29) is 29.8 Å². The maximum absolute atomic E-state index is 15.0. The number of carbonyl (C=O) groups is 1. The summed E-state index contributed by atoms with van der Waals surface area (Å²) < 4.78 is 23.4. The fourth-order valence-electron chi connectivity index (χ4n) is 5.03.